The van der Waals surface area contributed by atoms with Gasteiger partial charge in [-0.2, -0.15) is 0 Å². The third kappa shape index (κ3) is 4.59. The average molecular weight is 405 g/mol. The van der Waals surface area contributed by atoms with E-state index < -0.39 is 0 Å². The molecule has 30 heavy (non-hydrogen) atoms. The topological polar surface area (TPSA) is 73.1 Å². The number of para-hydroxylation sites is 1. The van der Waals surface area contributed by atoms with Gasteiger partial charge in [0, 0.05) is 25.5 Å². The lowest BCUT2D eigenvalue weighted by molar-refractivity contribution is -0.116. The number of ketones is 1. The van der Waals surface area contributed by atoms with E-state index in [-0.39, 0.29) is 35.8 Å². The number of amides is 1. The van der Waals surface area contributed by atoms with E-state index in [1.807, 2.05) is 54.6 Å². The highest BCUT2D eigenvalue weighted by Gasteiger charge is 2.18. The van der Waals surface area contributed by atoms with Gasteiger partial charge in [0.25, 0.3) is 5.56 Å². The Balaban J connectivity index is 1.67. The highest BCUT2D eigenvalue weighted by atomic mass is 16.2. The standard InChI is InChI=1S/C24H27N3O3/c1-4-8-18-11-13-19(14-12-18)21(28)15-16-22(29)25-23-17(2)26(3)27(24(23)30)20-9-6-5-7-10-20/h5-7,9-14H,4,8,15-16H2,1-3H3,(H,25,29). The third-order valence-electron chi connectivity index (χ3n) is 5.21. The van der Waals surface area contributed by atoms with Gasteiger partial charge in [0.05, 0.1) is 11.4 Å². The molecule has 156 valence electrons. The number of carbonyl (C=O) groups is 2. The zero-order valence-electron chi connectivity index (χ0n) is 17.6. The van der Waals surface area contributed by atoms with Crippen LogP contribution in [0.2, 0.25) is 0 Å². The molecule has 1 amide bonds. The van der Waals surface area contributed by atoms with E-state index in [0.717, 1.165) is 18.5 Å². The van der Waals surface area contributed by atoms with Crippen LogP contribution in [-0.4, -0.2) is 21.1 Å². The predicted molar refractivity (Wildman–Crippen MR) is 118 cm³/mol. The van der Waals surface area contributed by atoms with Gasteiger partial charge in [0.15, 0.2) is 5.78 Å². The van der Waals surface area contributed by atoms with Crippen molar-refractivity contribution >= 4 is 17.4 Å². The monoisotopic (exact) mass is 405 g/mol. The van der Waals surface area contributed by atoms with Crippen molar-refractivity contribution in [3.63, 3.8) is 0 Å². The van der Waals surface area contributed by atoms with Gasteiger partial charge in [-0.15, -0.1) is 0 Å². The van der Waals surface area contributed by atoms with Gasteiger partial charge in [-0.3, -0.25) is 19.1 Å². The van der Waals surface area contributed by atoms with Gasteiger partial charge < -0.3 is 5.32 Å². The number of aromatic nitrogens is 2. The van der Waals surface area contributed by atoms with E-state index in [1.165, 1.54) is 10.2 Å². The van der Waals surface area contributed by atoms with Crippen molar-refractivity contribution in [2.45, 2.75) is 39.5 Å². The van der Waals surface area contributed by atoms with Crippen LogP contribution in [0, 0.1) is 6.92 Å². The maximum absolute atomic E-state index is 12.9. The molecule has 0 radical (unpaired) electrons. The fourth-order valence-electron chi connectivity index (χ4n) is 3.43. The van der Waals surface area contributed by atoms with E-state index in [4.69, 9.17) is 0 Å². The van der Waals surface area contributed by atoms with Crippen molar-refractivity contribution in [2.75, 3.05) is 5.32 Å². The van der Waals surface area contributed by atoms with Crippen LogP contribution >= 0.6 is 0 Å². The highest BCUT2D eigenvalue weighted by molar-refractivity contribution is 6.00. The van der Waals surface area contributed by atoms with E-state index in [0.29, 0.717) is 11.3 Å². The van der Waals surface area contributed by atoms with Crippen molar-refractivity contribution < 1.29 is 9.59 Å². The molecule has 1 aromatic heterocycles. The Bertz CT molecular complexity index is 1090. The largest absolute Gasteiger partial charge is 0.320 e. The number of nitrogens with one attached hydrogen (secondary N) is 1. The number of anilines is 1. The molecule has 0 unspecified atom stereocenters. The average Bonchev–Trinajstić information content (AvgIpc) is 2.96. The highest BCUT2D eigenvalue weighted by Crippen LogP contribution is 2.15. The van der Waals surface area contributed by atoms with E-state index in [1.54, 1.807) is 18.7 Å². The zero-order chi connectivity index (χ0) is 21.7. The lowest BCUT2D eigenvalue weighted by atomic mass is 10.0. The molecule has 0 atom stereocenters. The van der Waals surface area contributed by atoms with Gasteiger partial charge in [0.1, 0.15) is 5.69 Å². The summed E-state index contributed by atoms with van der Waals surface area (Å²) in [6, 6.07) is 16.8. The summed E-state index contributed by atoms with van der Waals surface area (Å²) in [6.45, 7) is 3.89. The van der Waals surface area contributed by atoms with Crippen molar-refractivity contribution in [1.29, 1.82) is 0 Å². The van der Waals surface area contributed by atoms with Crippen LogP contribution in [0.4, 0.5) is 5.69 Å². The number of carbonyl (C=O) groups excluding carboxylic acids is 2. The van der Waals surface area contributed by atoms with Crippen LogP contribution in [0.25, 0.3) is 5.69 Å². The van der Waals surface area contributed by atoms with Crippen molar-refractivity contribution in [3.05, 3.63) is 81.8 Å². The third-order valence-corrected chi connectivity index (χ3v) is 5.21. The first-order chi connectivity index (χ1) is 14.4. The number of benzene rings is 2. The summed E-state index contributed by atoms with van der Waals surface area (Å²) in [6.07, 6.45) is 2.15. The molecular weight excluding hydrogens is 378 g/mol. The molecule has 6 heteroatoms. The Hall–Kier alpha value is -3.41. The fourth-order valence-corrected chi connectivity index (χ4v) is 3.43. The van der Waals surface area contributed by atoms with E-state index in [9.17, 15) is 14.4 Å². The molecule has 0 aliphatic rings. The van der Waals surface area contributed by atoms with Gasteiger partial charge in [-0.1, -0.05) is 55.8 Å². The molecule has 2 aromatic carbocycles. The number of rotatable bonds is 8. The Morgan fingerprint density at radius 2 is 1.63 bits per heavy atom. The van der Waals surface area contributed by atoms with Crippen LogP contribution < -0.4 is 10.9 Å². The quantitative estimate of drug-likeness (QED) is 0.575. The van der Waals surface area contributed by atoms with E-state index in [2.05, 4.69) is 12.2 Å². The minimum atomic E-state index is -0.350. The normalized spacial score (nSPS) is 10.8. The predicted octanol–water partition coefficient (Wildman–Crippen LogP) is 4.04. The van der Waals surface area contributed by atoms with Crippen molar-refractivity contribution in [1.82, 2.24) is 9.36 Å². The molecule has 0 fully saturated rings. The molecule has 0 saturated heterocycles. The SMILES string of the molecule is CCCc1ccc(C(=O)CCC(=O)Nc2c(C)n(C)n(-c3ccccc3)c2=O)cc1. The molecule has 1 N–H and O–H groups in total. The lowest BCUT2D eigenvalue weighted by Gasteiger charge is -2.07. The summed E-state index contributed by atoms with van der Waals surface area (Å²) in [4.78, 5) is 37.7. The Morgan fingerprint density at radius 3 is 2.27 bits per heavy atom. The van der Waals surface area contributed by atoms with E-state index >= 15 is 0 Å². The molecule has 0 aliphatic carbocycles. The van der Waals surface area contributed by atoms with Crippen LogP contribution in [0.3, 0.4) is 0 Å². The first kappa shape index (κ1) is 21.3. The fraction of sp³-hybridized carbons (Fsp3) is 0.292. The molecule has 1 heterocycles. The van der Waals surface area contributed by atoms with Crippen LogP contribution in [-0.2, 0) is 18.3 Å². The summed E-state index contributed by atoms with van der Waals surface area (Å²) in [5.74, 6) is -0.434. The number of hydrogen-bond donors (Lipinski definition) is 1. The molecule has 0 bridgehead atoms. The molecule has 0 aliphatic heterocycles. The Kier molecular flexibility index (Phi) is 6.67. The molecule has 3 aromatic rings. The molecule has 6 nitrogen and oxygen atoms in total. The molecule has 3 rings (SSSR count). The summed E-state index contributed by atoms with van der Waals surface area (Å²) in [5.41, 5.74) is 3.10. The summed E-state index contributed by atoms with van der Waals surface area (Å²) >= 11 is 0. The van der Waals surface area contributed by atoms with Crippen molar-refractivity contribution in [2.24, 2.45) is 7.05 Å². The number of aryl methyl sites for hydroxylation is 1. The minimum absolute atomic E-state index is 0.0225. The van der Waals surface area contributed by atoms with Crippen LogP contribution in [0.15, 0.2) is 59.4 Å². The van der Waals surface area contributed by atoms with Crippen LogP contribution in [0.5, 0.6) is 0 Å². The molecular formula is C24H27N3O3. The first-order valence-corrected chi connectivity index (χ1v) is 10.2. The zero-order valence-corrected chi connectivity index (χ0v) is 17.6. The maximum Gasteiger partial charge on any atom is 0.295 e. The second-order valence-corrected chi connectivity index (χ2v) is 7.35. The Morgan fingerprint density at radius 1 is 0.967 bits per heavy atom. The lowest BCUT2D eigenvalue weighted by Crippen LogP contribution is -2.23. The summed E-state index contributed by atoms with van der Waals surface area (Å²) in [7, 11) is 1.77. The van der Waals surface area contributed by atoms with Gasteiger partial charge in [-0.05, 0) is 31.0 Å². The van der Waals surface area contributed by atoms with Gasteiger partial charge in [0.2, 0.25) is 5.91 Å². The second-order valence-electron chi connectivity index (χ2n) is 7.35. The first-order valence-electron chi connectivity index (χ1n) is 10.2. The molecule has 0 spiro atoms. The second kappa shape index (κ2) is 9.39. The number of hydrogen-bond acceptors (Lipinski definition) is 3. The van der Waals surface area contributed by atoms with Crippen molar-refractivity contribution in [3.8, 4) is 5.69 Å². The van der Waals surface area contributed by atoms with Gasteiger partial charge in [-0.25, -0.2) is 4.68 Å². The maximum atomic E-state index is 12.9. The summed E-state index contributed by atoms with van der Waals surface area (Å²) in [5, 5.41) is 2.70. The van der Waals surface area contributed by atoms with Crippen LogP contribution in [0.1, 0.15) is 47.8 Å². The Labute approximate surface area is 176 Å². The van der Waals surface area contributed by atoms with Gasteiger partial charge >= 0.3 is 0 Å². The summed E-state index contributed by atoms with van der Waals surface area (Å²) < 4.78 is 3.21. The smallest absolute Gasteiger partial charge is 0.295 e. The number of nitrogens with zero attached hydrogens (tertiary/aromatic N) is 2. The minimum Gasteiger partial charge on any atom is -0.320 e. The molecule has 0 saturated carbocycles. The number of Topliss-reactive ketones (excluding diaryl/α,β-unsaturated/α-hetero) is 1.